The standard InChI is InChI=1S/C24H22F6N4O4/c25-23(26,27)16-3-1-14(2-4-16)8-34-9-15(7-31-34)18(35)32-10-17(19(36)37)21(11-32)12-33(13-21)20(38)22(5-6-22)24(28,29)30/h1-4,7,9,17H,5-6,8,10-13H2,(H,36,37)/t17-/m0/s1. The summed E-state index contributed by atoms with van der Waals surface area (Å²) in [5.41, 5.74) is -3.59. The molecular weight excluding hydrogens is 522 g/mol. The summed E-state index contributed by atoms with van der Waals surface area (Å²) in [5.74, 6) is -3.85. The number of carbonyl (C=O) groups excluding carboxylic acids is 2. The van der Waals surface area contributed by atoms with E-state index in [0.717, 1.165) is 17.0 Å². The minimum absolute atomic E-state index is 0.0460. The number of aliphatic carboxylic acids is 1. The molecule has 1 spiro atoms. The average Bonchev–Trinajstić information content (AvgIpc) is 3.34. The van der Waals surface area contributed by atoms with E-state index >= 15 is 0 Å². The first-order chi connectivity index (χ1) is 17.7. The number of aromatic nitrogens is 2. The molecule has 8 nitrogen and oxygen atoms in total. The van der Waals surface area contributed by atoms with Crippen LogP contribution >= 0.6 is 0 Å². The fraction of sp³-hybridized carbons (Fsp3) is 0.500. The van der Waals surface area contributed by atoms with E-state index < -0.39 is 52.4 Å². The summed E-state index contributed by atoms with van der Waals surface area (Å²) in [6.07, 6.45) is -7.07. The van der Waals surface area contributed by atoms with Crippen LogP contribution in [0.25, 0.3) is 0 Å². The van der Waals surface area contributed by atoms with Crippen molar-refractivity contribution in [3.05, 3.63) is 53.3 Å². The van der Waals surface area contributed by atoms with Gasteiger partial charge >= 0.3 is 18.3 Å². The Morgan fingerprint density at radius 3 is 2.11 bits per heavy atom. The Balaban J connectivity index is 1.25. The van der Waals surface area contributed by atoms with E-state index in [1.54, 1.807) is 0 Å². The van der Waals surface area contributed by atoms with Crippen LogP contribution < -0.4 is 0 Å². The highest BCUT2D eigenvalue weighted by molar-refractivity contribution is 5.95. The van der Waals surface area contributed by atoms with Crippen molar-refractivity contribution in [2.45, 2.75) is 31.7 Å². The highest BCUT2D eigenvalue weighted by Gasteiger charge is 2.71. The van der Waals surface area contributed by atoms with E-state index in [1.165, 1.54) is 34.1 Å². The van der Waals surface area contributed by atoms with Gasteiger partial charge < -0.3 is 14.9 Å². The van der Waals surface area contributed by atoms with E-state index in [0.29, 0.717) is 5.56 Å². The van der Waals surface area contributed by atoms with Gasteiger partial charge in [0.25, 0.3) is 5.91 Å². The van der Waals surface area contributed by atoms with Crippen LogP contribution in [0.15, 0.2) is 36.7 Å². The molecule has 0 unspecified atom stereocenters. The lowest BCUT2D eigenvalue weighted by Crippen LogP contribution is -2.65. The predicted molar refractivity (Wildman–Crippen MR) is 117 cm³/mol. The molecule has 1 N–H and O–H groups in total. The van der Waals surface area contributed by atoms with Crippen LogP contribution in [-0.2, 0) is 22.3 Å². The number of carboxylic acid groups (broad SMARTS) is 1. The number of hydrogen-bond donors (Lipinski definition) is 1. The van der Waals surface area contributed by atoms with Crippen molar-refractivity contribution in [3.63, 3.8) is 0 Å². The third-order valence-electron chi connectivity index (χ3n) is 7.74. The number of halogens is 6. The van der Waals surface area contributed by atoms with Crippen LogP contribution in [0.3, 0.4) is 0 Å². The molecule has 204 valence electrons. The third kappa shape index (κ3) is 4.29. The molecule has 14 heteroatoms. The molecule has 1 aromatic heterocycles. The molecule has 1 atom stereocenters. The summed E-state index contributed by atoms with van der Waals surface area (Å²) in [7, 11) is 0. The fourth-order valence-electron chi connectivity index (χ4n) is 5.42. The van der Waals surface area contributed by atoms with Gasteiger partial charge in [-0.15, -0.1) is 0 Å². The lowest BCUT2D eigenvalue weighted by atomic mass is 9.71. The number of hydrogen-bond acceptors (Lipinski definition) is 4. The van der Waals surface area contributed by atoms with Crippen molar-refractivity contribution in [2.24, 2.45) is 16.7 Å². The molecule has 3 aliphatic rings. The van der Waals surface area contributed by atoms with E-state index in [1.807, 2.05) is 0 Å². The molecule has 1 aromatic carbocycles. The van der Waals surface area contributed by atoms with Crippen LogP contribution in [0.2, 0.25) is 0 Å². The second-order valence-corrected chi connectivity index (χ2v) is 10.3. The van der Waals surface area contributed by atoms with Crippen LogP contribution in [0, 0.1) is 16.7 Å². The average molecular weight is 544 g/mol. The number of amides is 2. The van der Waals surface area contributed by atoms with Crippen LogP contribution in [0.5, 0.6) is 0 Å². The molecule has 2 aromatic rings. The molecular formula is C24H22F6N4O4. The van der Waals surface area contributed by atoms with Crippen LogP contribution in [-0.4, -0.2) is 74.8 Å². The molecule has 2 saturated heterocycles. The van der Waals surface area contributed by atoms with Crippen molar-refractivity contribution in [1.82, 2.24) is 19.6 Å². The molecule has 0 radical (unpaired) electrons. The first-order valence-corrected chi connectivity index (χ1v) is 11.7. The molecule has 3 heterocycles. The van der Waals surface area contributed by atoms with Gasteiger partial charge in [-0.25, -0.2) is 0 Å². The van der Waals surface area contributed by atoms with Gasteiger partial charge in [0, 0.05) is 37.8 Å². The van der Waals surface area contributed by atoms with Gasteiger partial charge in [-0.1, -0.05) is 12.1 Å². The first kappa shape index (κ1) is 26.0. The second kappa shape index (κ2) is 8.46. The Bertz CT molecular complexity index is 1280. The summed E-state index contributed by atoms with van der Waals surface area (Å²) in [5, 5.41) is 13.8. The van der Waals surface area contributed by atoms with Gasteiger partial charge in [-0.3, -0.25) is 19.1 Å². The van der Waals surface area contributed by atoms with Gasteiger partial charge in [0.05, 0.1) is 29.8 Å². The Kier molecular flexibility index (Phi) is 5.80. The monoisotopic (exact) mass is 544 g/mol. The van der Waals surface area contributed by atoms with Crippen molar-refractivity contribution < 1.29 is 45.8 Å². The zero-order valence-corrected chi connectivity index (χ0v) is 19.7. The van der Waals surface area contributed by atoms with E-state index in [-0.39, 0.29) is 51.1 Å². The molecule has 2 aliphatic heterocycles. The largest absolute Gasteiger partial charge is 0.481 e. The highest BCUT2D eigenvalue weighted by atomic mass is 19.4. The van der Waals surface area contributed by atoms with Crippen LogP contribution in [0.4, 0.5) is 26.3 Å². The zero-order chi connectivity index (χ0) is 27.7. The summed E-state index contributed by atoms with van der Waals surface area (Å²) in [4.78, 5) is 39.9. The number of nitrogens with zero attached hydrogens (tertiary/aromatic N) is 4. The Morgan fingerprint density at radius 1 is 0.974 bits per heavy atom. The quantitative estimate of drug-likeness (QED) is 0.584. The van der Waals surface area contributed by atoms with Gasteiger partial charge in [-0.2, -0.15) is 31.4 Å². The van der Waals surface area contributed by atoms with Gasteiger partial charge in [0.15, 0.2) is 0 Å². The Hall–Kier alpha value is -3.58. The molecule has 38 heavy (non-hydrogen) atoms. The molecule has 3 fully saturated rings. The molecule has 1 saturated carbocycles. The third-order valence-corrected chi connectivity index (χ3v) is 7.74. The summed E-state index contributed by atoms with van der Waals surface area (Å²) < 4.78 is 79.7. The van der Waals surface area contributed by atoms with Gasteiger partial charge in [-0.05, 0) is 30.5 Å². The number of alkyl halides is 6. The van der Waals surface area contributed by atoms with Gasteiger partial charge in [0.2, 0.25) is 5.91 Å². The summed E-state index contributed by atoms with van der Waals surface area (Å²) >= 11 is 0. The molecule has 2 amide bonds. The first-order valence-electron chi connectivity index (χ1n) is 11.7. The zero-order valence-electron chi connectivity index (χ0n) is 19.7. The Labute approximate surface area is 211 Å². The number of rotatable bonds is 5. The molecule has 0 bridgehead atoms. The minimum atomic E-state index is -4.67. The lowest BCUT2D eigenvalue weighted by molar-refractivity contribution is -0.206. The van der Waals surface area contributed by atoms with Gasteiger partial charge in [0.1, 0.15) is 5.41 Å². The van der Waals surface area contributed by atoms with E-state index in [9.17, 15) is 45.8 Å². The molecule has 5 rings (SSSR count). The predicted octanol–water partition coefficient (Wildman–Crippen LogP) is 3.28. The van der Waals surface area contributed by atoms with Crippen molar-refractivity contribution in [3.8, 4) is 0 Å². The SMILES string of the molecule is O=C(O)[C@@H]1CN(C(=O)c2cnn(Cc3ccc(C(F)(F)F)cc3)c2)CC12CN(C(=O)C1(C(F)(F)F)CC1)C2. The highest BCUT2D eigenvalue weighted by Crippen LogP contribution is 2.60. The maximum Gasteiger partial charge on any atom is 0.416 e. The number of carboxylic acids is 1. The topological polar surface area (TPSA) is 95.7 Å². The smallest absolute Gasteiger partial charge is 0.416 e. The number of benzene rings is 1. The van der Waals surface area contributed by atoms with Crippen molar-refractivity contribution in [1.29, 1.82) is 0 Å². The van der Waals surface area contributed by atoms with E-state index in [4.69, 9.17) is 0 Å². The maximum atomic E-state index is 13.4. The summed E-state index contributed by atoms with van der Waals surface area (Å²) in [6, 6.07) is 4.46. The normalized spacial score (nSPS) is 21.9. The second-order valence-electron chi connectivity index (χ2n) is 10.3. The number of carbonyl (C=O) groups is 3. The lowest BCUT2D eigenvalue weighted by Gasteiger charge is -2.50. The Morgan fingerprint density at radius 2 is 1.58 bits per heavy atom. The maximum absolute atomic E-state index is 13.4. The minimum Gasteiger partial charge on any atom is -0.481 e. The van der Waals surface area contributed by atoms with Crippen molar-refractivity contribution >= 4 is 17.8 Å². The fourth-order valence-corrected chi connectivity index (χ4v) is 5.42. The van der Waals surface area contributed by atoms with Crippen molar-refractivity contribution in [2.75, 3.05) is 26.2 Å². The number of likely N-dealkylation sites (tertiary alicyclic amines) is 2. The summed E-state index contributed by atoms with van der Waals surface area (Å²) in [6.45, 7) is -0.499. The van der Waals surface area contributed by atoms with E-state index in [2.05, 4.69) is 5.10 Å². The van der Waals surface area contributed by atoms with Crippen LogP contribution in [0.1, 0.15) is 34.3 Å². The molecule has 1 aliphatic carbocycles.